The van der Waals surface area contributed by atoms with Crippen molar-refractivity contribution in [1.29, 1.82) is 0 Å². The lowest BCUT2D eigenvalue weighted by Gasteiger charge is -2.25. The normalized spacial score (nSPS) is 28.4. The fraction of sp³-hybridized carbons (Fsp3) is 0.588. The van der Waals surface area contributed by atoms with Crippen LogP contribution in [0.2, 0.25) is 0 Å². The molecule has 0 saturated heterocycles. The molecule has 1 amide bonds. The Morgan fingerprint density at radius 1 is 1.33 bits per heavy atom. The van der Waals surface area contributed by atoms with Gasteiger partial charge in [-0.2, -0.15) is 0 Å². The Bertz CT molecular complexity index is 502. The summed E-state index contributed by atoms with van der Waals surface area (Å²) in [6, 6.07) is 6.12. The third-order valence-electron chi connectivity index (χ3n) is 4.82. The molecule has 1 N–H and O–H groups in total. The summed E-state index contributed by atoms with van der Waals surface area (Å²) in [6.45, 7) is 1.93. The van der Waals surface area contributed by atoms with Gasteiger partial charge in [0.1, 0.15) is 11.6 Å². The number of carbonyl (C=O) groups is 1. The zero-order valence-corrected chi connectivity index (χ0v) is 12.3. The van der Waals surface area contributed by atoms with Crippen LogP contribution in [0.5, 0.6) is 5.75 Å². The van der Waals surface area contributed by atoms with Crippen molar-refractivity contribution in [1.82, 2.24) is 5.32 Å². The van der Waals surface area contributed by atoms with Crippen molar-refractivity contribution < 1.29 is 13.9 Å². The molecule has 2 saturated carbocycles. The highest BCUT2D eigenvalue weighted by Gasteiger charge is 2.40. The summed E-state index contributed by atoms with van der Waals surface area (Å²) in [5.41, 5.74) is 0. The lowest BCUT2D eigenvalue weighted by Crippen LogP contribution is -2.45. The van der Waals surface area contributed by atoms with Gasteiger partial charge in [0.05, 0.1) is 0 Å². The van der Waals surface area contributed by atoms with Gasteiger partial charge in [-0.15, -0.1) is 0 Å². The van der Waals surface area contributed by atoms with Crippen LogP contribution in [0.1, 0.15) is 39.0 Å². The number of halogens is 1. The molecule has 4 atom stereocenters. The summed E-state index contributed by atoms with van der Waals surface area (Å²) in [4.78, 5) is 12.4. The molecule has 114 valence electrons. The molecule has 0 heterocycles. The van der Waals surface area contributed by atoms with Crippen LogP contribution in [-0.2, 0) is 4.79 Å². The molecule has 2 aliphatic carbocycles. The monoisotopic (exact) mass is 291 g/mol. The first-order chi connectivity index (χ1) is 10.2. The minimum absolute atomic E-state index is 0.0422. The van der Waals surface area contributed by atoms with E-state index in [9.17, 15) is 9.18 Å². The van der Waals surface area contributed by atoms with Gasteiger partial charge in [0.25, 0.3) is 5.91 Å². The second-order valence-corrected chi connectivity index (χ2v) is 6.26. The molecular formula is C17H22FNO2. The Morgan fingerprint density at radius 3 is 2.67 bits per heavy atom. The first-order valence-corrected chi connectivity index (χ1v) is 7.88. The van der Waals surface area contributed by atoms with Gasteiger partial charge < -0.3 is 10.1 Å². The van der Waals surface area contributed by atoms with Crippen LogP contribution in [0.15, 0.2) is 24.3 Å². The molecule has 4 unspecified atom stereocenters. The van der Waals surface area contributed by atoms with E-state index in [1.165, 1.54) is 31.4 Å². The lowest BCUT2D eigenvalue weighted by molar-refractivity contribution is -0.129. The molecule has 2 bridgehead atoms. The van der Waals surface area contributed by atoms with Crippen molar-refractivity contribution in [3.05, 3.63) is 30.1 Å². The second-order valence-electron chi connectivity index (χ2n) is 6.26. The molecule has 0 spiro atoms. The number of fused-ring (bicyclic) bond motifs is 2. The Hall–Kier alpha value is -1.58. The largest absolute Gasteiger partial charge is 0.481 e. The molecule has 0 radical (unpaired) electrons. The zero-order valence-electron chi connectivity index (χ0n) is 12.3. The van der Waals surface area contributed by atoms with E-state index in [0.717, 1.165) is 12.3 Å². The standard InChI is InChI=1S/C17H22FNO2/c1-2-16(21-14-7-5-13(18)6-8-14)17(20)19-15-10-11-3-4-12(15)9-11/h5-8,11-12,15-16H,2-4,9-10H2,1H3,(H,19,20). The van der Waals surface area contributed by atoms with Crippen LogP contribution >= 0.6 is 0 Å². The van der Waals surface area contributed by atoms with Crippen LogP contribution in [0.4, 0.5) is 4.39 Å². The van der Waals surface area contributed by atoms with Crippen molar-refractivity contribution in [3.63, 3.8) is 0 Å². The van der Waals surface area contributed by atoms with Crippen LogP contribution in [0.25, 0.3) is 0 Å². The summed E-state index contributed by atoms with van der Waals surface area (Å²) in [7, 11) is 0. The SMILES string of the molecule is CCC(Oc1ccc(F)cc1)C(=O)NC1CC2CCC1C2. The Balaban J connectivity index is 1.57. The van der Waals surface area contributed by atoms with Crippen molar-refractivity contribution >= 4 is 5.91 Å². The molecule has 3 rings (SSSR count). The molecule has 1 aromatic carbocycles. The van der Waals surface area contributed by atoms with Crippen molar-refractivity contribution in [3.8, 4) is 5.75 Å². The summed E-state index contributed by atoms with van der Waals surface area (Å²) in [5.74, 6) is 1.65. The maximum atomic E-state index is 12.9. The maximum absolute atomic E-state index is 12.9. The van der Waals surface area contributed by atoms with Crippen LogP contribution in [-0.4, -0.2) is 18.1 Å². The topological polar surface area (TPSA) is 38.3 Å². The van der Waals surface area contributed by atoms with Crippen LogP contribution in [0, 0.1) is 17.7 Å². The van der Waals surface area contributed by atoms with Gasteiger partial charge in [0.15, 0.2) is 6.10 Å². The Labute approximate surface area is 124 Å². The van der Waals surface area contributed by atoms with Crippen molar-refractivity contribution in [2.45, 2.75) is 51.2 Å². The summed E-state index contributed by atoms with van der Waals surface area (Å²) < 4.78 is 18.6. The highest BCUT2D eigenvalue weighted by atomic mass is 19.1. The van der Waals surface area contributed by atoms with E-state index < -0.39 is 6.10 Å². The quantitative estimate of drug-likeness (QED) is 0.904. The Kier molecular flexibility index (Phi) is 4.13. The fourth-order valence-corrected chi connectivity index (χ4v) is 3.70. The van der Waals surface area contributed by atoms with Gasteiger partial charge in [-0.25, -0.2) is 4.39 Å². The van der Waals surface area contributed by atoms with E-state index in [0.29, 0.717) is 24.1 Å². The smallest absolute Gasteiger partial charge is 0.261 e. The van der Waals surface area contributed by atoms with Crippen LogP contribution < -0.4 is 10.1 Å². The highest BCUT2D eigenvalue weighted by molar-refractivity contribution is 5.81. The first-order valence-electron chi connectivity index (χ1n) is 7.88. The molecule has 21 heavy (non-hydrogen) atoms. The molecule has 1 aromatic rings. The number of benzene rings is 1. The first kappa shape index (κ1) is 14.4. The molecular weight excluding hydrogens is 269 g/mol. The highest BCUT2D eigenvalue weighted by Crippen LogP contribution is 2.44. The van der Waals surface area contributed by atoms with Gasteiger partial charge in [0, 0.05) is 6.04 Å². The molecule has 0 aliphatic heterocycles. The fourth-order valence-electron chi connectivity index (χ4n) is 3.70. The van der Waals surface area contributed by atoms with Gasteiger partial charge in [-0.05, 0) is 61.8 Å². The number of hydrogen-bond donors (Lipinski definition) is 1. The van der Waals surface area contributed by atoms with E-state index in [-0.39, 0.29) is 11.7 Å². The number of amides is 1. The number of hydrogen-bond acceptors (Lipinski definition) is 2. The number of ether oxygens (including phenoxy) is 1. The lowest BCUT2D eigenvalue weighted by atomic mass is 9.95. The molecule has 0 aromatic heterocycles. The van der Waals surface area contributed by atoms with E-state index in [1.807, 2.05) is 6.92 Å². The van der Waals surface area contributed by atoms with Gasteiger partial charge >= 0.3 is 0 Å². The number of carbonyl (C=O) groups excluding carboxylic acids is 1. The van der Waals surface area contributed by atoms with Gasteiger partial charge in [-0.3, -0.25) is 4.79 Å². The third kappa shape index (κ3) is 3.20. The zero-order chi connectivity index (χ0) is 14.8. The van der Waals surface area contributed by atoms with Crippen LogP contribution in [0.3, 0.4) is 0 Å². The summed E-state index contributed by atoms with van der Waals surface area (Å²) in [5, 5.41) is 3.15. The third-order valence-corrected chi connectivity index (χ3v) is 4.82. The number of rotatable bonds is 5. The molecule has 2 fully saturated rings. The predicted molar refractivity (Wildman–Crippen MR) is 78.5 cm³/mol. The molecule has 4 heteroatoms. The minimum atomic E-state index is -0.505. The minimum Gasteiger partial charge on any atom is -0.481 e. The van der Waals surface area contributed by atoms with E-state index in [1.54, 1.807) is 12.1 Å². The van der Waals surface area contributed by atoms with Gasteiger partial charge in [-0.1, -0.05) is 13.3 Å². The van der Waals surface area contributed by atoms with E-state index in [4.69, 9.17) is 4.74 Å². The summed E-state index contributed by atoms with van der Waals surface area (Å²) >= 11 is 0. The summed E-state index contributed by atoms with van der Waals surface area (Å²) in [6.07, 6.45) is 5.04. The number of nitrogens with one attached hydrogen (secondary N) is 1. The molecule has 2 aliphatic rings. The van der Waals surface area contributed by atoms with E-state index in [2.05, 4.69) is 5.32 Å². The maximum Gasteiger partial charge on any atom is 0.261 e. The average molecular weight is 291 g/mol. The molecule has 3 nitrogen and oxygen atoms in total. The Morgan fingerprint density at radius 2 is 2.10 bits per heavy atom. The van der Waals surface area contributed by atoms with Crippen molar-refractivity contribution in [2.75, 3.05) is 0 Å². The average Bonchev–Trinajstić information content (AvgIpc) is 3.09. The van der Waals surface area contributed by atoms with E-state index >= 15 is 0 Å². The predicted octanol–water partition coefficient (Wildman–Crippen LogP) is 3.29. The second kappa shape index (κ2) is 6.04. The van der Waals surface area contributed by atoms with Crippen molar-refractivity contribution in [2.24, 2.45) is 11.8 Å². The van der Waals surface area contributed by atoms with Gasteiger partial charge in [0.2, 0.25) is 0 Å².